The number of aromatic nitrogens is 1. The first kappa shape index (κ1) is 12.9. The van der Waals surface area contributed by atoms with Crippen molar-refractivity contribution in [2.24, 2.45) is 4.99 Å². The van der Waals surface area contributed by atoms with Crippen LogP contribution in [0.25, 0.3) is 17.0 Å². The third kappa shape index (κ3) is 1.86. The van der Waals surface area contributed by atoms with Gasteiger partial charge in [-0.2, -0.15) is 0 Å². The molecule has 5 nitrogen and oxygen atoms in total. The molecule has 0 saturated heterocycles. The van der Waals surface area contributed by atoms with Crippen LogP contribution in [0.15, 0.2) is 41.0 Å². The Morgan fingerprint density at radius 1 is 1.45 bits per heavy atom. The molecule has 2 aliphatic heterocycles. The number of dihydropyridines is 1. The molecule has 0 radical (unpaired) electrons. The molecule has 0 amide bonds. The molecule has 0 spiro atoms. The Kier molecular flexibility index (Phi) is 2.85. The predicted octanol–water partition coefficient (Wildman–Crippen LogP) is 3.09. The van der Waals surface area contributed by atoms with Crippen LogP contribution in [0.4, 0.5) is 0 Å². The second-order valence-electron chi connectivity index (χ2n) is 5.09. The van der Waals surface area contributed by atoms with E-state index in [2.05, 4.69) is 9.98 Å². The lowest BCUT2D eigenvalue weighted by Crippen LogP contribution is -2.21. The number of fused-ring (bicyclic) bond motifs is 4. The van der Waals surface area contributed by atoms with Crippen molar-refractivity contribution in [3.05, 3.63) is 47.2 Å². The lowest BCUT2D eigenvalue weighted by atomic mass is 9.99. The number of ether oxygens (including phenoxy) is 2. The van der Waals surface area contributed by atoms with Gasteiger partial charge in [0, 0.05) is 34.5 Å². The SMILES string of the molecule is CCOC(=O)c1c[nH]c2ccc3c(c12)C=C1C=CC=NC1O3. The number of nitrogens with one attached hydrogen (secondary N) is 1. The van der Waals surface area contributed by atoms with E-state index in [1.54, 1.807) is 19.3 Å². The molecule has 1 unspecified atom stereocenters. The van der Waals surface area contributed by atoms with Gasteiger partial charge in [-0.1, -0.05) is 6.08 Å². The molecule has 0 saturated carbocycles. The number of hydrogen-bond acceptors (Lipinski definition) is 4. The van der Waals surface area contributed by atoms with Gasteiger partial charge in [-0.25, -0.2) is 9.79 Å². The van der Waals surface area contributed by atoms with Crippen LogP contribution in [0.3, 0.4) is 0 Å². The summed E-state index contributed by atoms with van der Waals surface area (Å²) in [7, 11) is 0. The summed E-state index contributed by atoms with van der Waals surface area (Å²) in [4.78, 5) is 19.6. The molecular weight excluding hydrogens is 280 g/mol. The molecule has 0 aliphatic carbocycles. The van der Waals surface area contributed by atoms with Crippen molar-refractivity contribution in [3.63, 3.8) is 0 Å². The fourth-order valence-electron chi connectivity index (χ4n) is 2.80. The highest BCUT2D eigenvalue weighted by molar-refractivity contribution is 6.08. The van der Waals surface area contributed by atoms with E-state index in [9.17, 15) is 4.79 Å². The molecule has 3 heterocycles. The minimum atomic E-state index is -0.333. The molecule has 2 aromatic rings. The van der Waals surface area contributed by atoms with Crippen molar-refractivity contribution in [2.75, 3.05) is 6.61 Å². The molecule has 1 aromatic carbocycles. The van der Waals surface area contributed by atoms with Crippen LogP contribution in [0, 0.1) is 0 Å². The smallest absolute Gasteiger partial charge is 0.340 e. The molecule has 22 heavy (non-hydrogen) atoms. The molecular formula is C17H14N2O3. The van der Waals surface area contributed by atoms with Gasteiger partial charge in [0.1, 0.15) is 5.75 Å². The molecule has 1 aromatic heterocycles. The topological polar surface area (TPSA) is 63.7 Å². The van der Waals surface area contributed by atoms with Crippen LogP contribution in [-0.4, -0.2) is 30.0 Å². The highest BCUT2D eigenvalue weighted by atomic mass is 16.5. The minimum Gasteiger partial charge on any atom is -0.464 e. The van der Waals surface area contributed by atoms with Gasteiger partial charge in [0.2, 0.25) is 6.23 Å². The second kappa shape index (κ2) is 4.87. The number of benzene rings is 1. The van der Waals surface area contributed by atoms with E-state index >= 15 is 0 Å². The Labute approximate surface area is 126 Å². The van der Waals surface area contributed by atoms with Crippen molar-refractivity contribution in [1.29, 1.82) is 0 Å². The van der Waals surface area contributed by atoms with Gasteiger partial charge in [-0.3, -0.25) is 0 Å². The molecule has 0 bridgehead atoms. The average Bonchev–Trinajstić information content (AvgIpc) is 2.98. The second-order valence-corrected chi connectivity index (χ2v) is 5.09. The van der Waals surface area contributed by atoms with Crippen molar-refractivity contribution in [1.82, 2.24) is 4.98 Å². The molecule has 0 fully saturated rings. The molecule has 4 rings (SSSR count). The molecule has 110 valence electrons. The van der Waals surface area contributed by atoms with E-state index in [0.717, 1.165) is 27.8 Å². The molecule has 2 aliphatic rings. The number of hydrogen-bond donors (Lipinski definition) is 1. The number of allylic oxidation sites excluding steroid dienone is 1. The fourth-order valence-corrected chi connectivity index (χ4v) is 2.80. The van der Waals surface area contributed by atoms with Crippen molar-refractivity contribution in [2.45, 2.75) is 13.2 Å². The monoisotopic (exact) mass is 294 g/mol. The highest BCUT2D eigenvalue weighted by Gasteiger charge is 2.25. The molecule has 1 N–H and O–H groups in total. The summed E-state index contributed by atoms with van der Waals surface area (Å²) >= 11 is 0. The minimum absolute atomic E-state index is 0.306. The summed E-state index contributed by atoms with van der Waals surface area (Å²) in [6.45, 7) is 2.14. The predicted molar refractivity (Wildman–Crippen MR) is 84.3 cm³/mol. The number of aromatic amines is 1. The van der Waals surface area contributed by atoms with Crippen LogP contribution >= 0.6 is 0 Å². The van der Waals surface area contributed by atoms with Gasteiger partial charge in [0.05, 0.1) is 12.2 Å². The normalized spacial score (nSPS) is 18.4. The third-order valence-electron chi connectivity index (χ3n) is 3.77. The maximum absolute atomic E-state index is 12.1. The lowest BCUT2D eigenvalue weighted by molar-refractivity contribution is 0.0528. The molecule has 5 heteroatoms. The Morgan fingerprint density at radius 3 is 3.23 bits per heavy atom. The van der Waals surface area contributed by atoms with E-state index < -0.39 is 0 Å². The summed E-state index contributed by atoms with van der Waals surface area (Å²) in [6.07, 6.45) is 8.97. The van der Waals surface area contributed by atoms with Crippen LogP contribution in [-0.2, 0) is 4.74 Å². The summed E-state index contributed by atoms with van der Waals surface area (Å²) in [6, 6.07) is 3.79. The quantitative estimate of drug-likeness (QED) is 0.866. The summed E-state index contributed by atoms with van der Waals surface area (Å²) in [5.74, 6) is 0.388. The number of nitrogens with zero attached hydrogens (tertiary/aromatic N) is 1. The number of H-pyrrole nitrogens is 1. The molecule has 1 atom stereocenters. The fraction of sp³-hybridized carbons (Fsp3) is 0.176. The maximum Gasteiger partial charge on any atom is 0.340 e. The van der Waals surface area contributed by atoms with E-state index in [1.165, 1.54) is 0 Å². The average molecular weight is 294 g/mol. The Bertz CT molecular complexity index is 858. The van der Waals surface area contributed by atoms with Crippen molar-refractivity contribution in [3.8, 4) is 5.75 Å². The van der Waals surface area contributed by atoms with E-state index in [4.69, 9.17) is 9.47 Å². The number of carbonyl (C=O) groups is 1. The lowest BCUT2D eigenvalue weighted by Gasteiger charge is -2.24. The maximum atomic E-state index is 12.1. The van der Waals surface area contributed by atoms with Crippen molar-refractivity contribution >= 4 is 29.2 Å². The first-order valence-electron chi connectivity index (χ1n) is 7.17. The van der Waals surface area contributed by atoms with E-state index in [-0.39, 0.29) is 12.2 Å². The number of aliphatic imine (C=N–C) groups is 1. The number of carbonyl (C=O) groups excluding carboxylic acids is 1. The summed E-state index contributed by atoms with van der Waals surface area (Å²) in [5.41, 5.74) is 3.26. The summed E-state index contributed by atoms with van der Waals surface area (Å²) < 4.78 is 11.1. The Morgan fingerprint density at radius 2 is 2.36 bits per heavy atom. The zero-order chi connectivity index (χ0) is 15.1. The van der Waals surface area contributed by atoms with Gasteiger partial charge in [0.15, 0.2) is 0 Å². The zero-order valence-corrected chi connectivity index (χ0v) is 12.0. The highest BCUT2D eigenvalue weighted by Crippen LogP contribution is 2.38. The number of esters is 1. The summed E-state index contributed by atoms with van der Waals surface area (Å²) in [5, 5.41) is 0.824. The number of rotatable bonds is 2. The largest absolute Gasteiger partial charge is 0.464 e. The first-order chi connectivity index (χ1) is 10.8. The zero-order valence-electron chi connectivity index (χ0n) is 12.0. The standard InChI is InChI=1S/C17H14N2O3/c1-2-21-17(20)12-9-19-13-5-6-14-11(15(12)13)8-10-4-3-7-18-16(10)22-14/h3-9,16,19H,2H2,1H3. The van der Waals surface area contributed by atoms with Crippen molar-refractivity contribution < 1.29 is 14.3 Å². The first-order valence-corrected chi connectivity index (χ1v) is 7.17. The van der Waals surface area contributed by atoms with E-state index in [1.807, 2.05) is 30.4 Å². The van der Waals surface area contributed by atoms with E-state index in [0.29, 0.717) is 12.2 Å². The van der Waals surface area contributed by atoms with Gasteiger partial charge in [-0.15, -0.1) is 0 Å². The van der Waals surface area contributed by atoms with Crippen LogP contribution in [0.2, 0.25) is 0 Å². The van der Waals surface area contributed by atoms with Gasteiger partial charge in [0.25, 0.3) is 0 Å². The van der Waals surface area contributed by atoms with Gasteiger partial charge < -0.3 is 14.5 Å². The Hall–Kier alpha value is -2.82. The van der Waals surface area contributed by atoms with Crippen LogP contribution in [0.1, 0.15) is 22.8 Å². The van der Waals surface area contributed by atoms with Crippen LogP contribution in [0.5, 0.6) is 5.75 Å². The van der Waals surface area contributed by atoms with Crippen LogP contribution < -0.4 is 4.74 Å². The third-order valence-corrected chi connectivity index (χ3v) is 3.77. The Balaban J connectivity index is 1.92. The van der Waals surface area contributed by atoms with Gasteiger partial charge in [-0.05, 0) is 31.2 Å². The van der Waals surface area contributed by atoms with Gasteiger partial charge >= 0.3 is 5.97 Å².